The van der Waals surface area contributed by atoms with E-state index < -0.39 is 0 Å². The molecule has 0 bridgehead atoms. The Balaban J connectivity index is 0.823. The SMILES string of the molecule is CC1(C)c2ccccc2N(c2ccc(C(=O)c3ccc4c(c3)c3ccccc3n4-c3ccc(C4(c5ccc(-n6c7ccccc7c7ccccc76)cc5)CCCCC4)cc3)cc2)c2ccccc21. The third-order valence-electron chi connectivity index (χ3n) is 15.6. The second-order valence-electron chi connectivity index (χ2n) is 19.6. The van der Waals surface area contributed by atoms with Crippen LogP contribution in [0.15, 0.2) is 212 Å². The van der Waals surface area contributed by atoms with E-state index in [0.717, 1.165) is 46.0 Å². The highest BCUT2D eigenvalue weighted by Gasteiger charge is 2.37. The zero-order valence-electron chi connectivity index (χ0n) is 38.5. The van der Waals surface area contributed by atoms with E-state index in [4.69, 9.17) is 0 Å². The molecule has 0 spiro atoms. The van der Waals surface area contributed by atoms with Crippen LogP contribution in [-0.4, -0.2) is 14.9 Å². The van der Waals surface area contributed by atoms with Crippen molar-refractivity contribution in [3.8, 4) is 11.4 Å². The maximum absolute atomic E-state index is 14.4. The highest BCUT2D eigenvalue weighted by Crippen LogP contribution is 2.52. The average molecular weight is 878 g/mol. The van der Waals surface area contributed by atoms with E-state index in [2.05, 4.69) is 222 Å². The minimum Gasteiger partial charge on any atom is -0.310 e. The largest absolute Gasteiger partial charge is 0.310 e. The molecule has 4 heteroatoms. The number of nitrogens with zero attached hydrogens (tertiary/aromatic N) is 3. The first-order valence-corrected chi connectivity index (χ1v) is 24.3. The van der Waals surface area contributed by atoms with Gasteiger partial charge in [0.2, 0.25) is 0 Å². The summed E-state index contributed by atoms with van der Waals surface area (Å²) in [7, 11) is 0. The van der Waals surface area contributed by atoms with Gasteiger partial charge in [0.25, 0.3) is 0 Å². The first-order valence-electron chi connectivity index (χ1n) is 24.3. The zero-order chi connectivity index (χ0) is 45.6. The number of hydrogen-bond acceptors (Lipinski definition) is 2. The number of ketones is 1. The lowest BCUT2D eigenvalue weighted by molar-refractivity contribution is 0.103. The van der Waals surface area contributed by atoms with Gasteiger partial charge in [-0.15, -0.1) is 0 Å². The molecule has 2 aromatic heterocycles. The summed E-state index contributed by atoms with van der Waals surface area (Å²) in [5, 5.41) is 4.77. The molecule has 1 fully saturated rings. The maximum atomic E-state index is 14.4. The highest BCUT2D eigenvalue weighted by molar-refractivity contribution is 6.15. The number of rotatable bonds is 7. The standard InChI is InChI=1S/C64H51N3O/c1-63(2)54-19-7-12-24-60(54)67(61-25-13-8-20-55(61)63)47-33-26-43(27-34-47)62(68)44-28-39-59-53(42-44)52-18-6-11-23-58(52)66(59)49-37-31-46(32-38-49)64(40-14-3-15-41-64)45-29-35-48(36-30-45)65-56-21-9-4-16-50(56)51-17-5-10-22-57(51)65/h4-13,16-39,42H,3,14-15,40-41H2,1-2H3. The summed E-state index contributed by atoms with van der Waals surface area (Å²) in [6.45, 7) is 4.60. The van der Waals surface area contributed by atoms with Crippen LogP contribution >= 0.6 is 0 Å². The number of hydrogen-bond donors (Lipinski definition) is 0. The number of fused-ring (bicyclic) bond motifs is 8. The molecule has 0 radical (unpaired) electrons. The Labute approximate surface area is 397 Å². The van der Waals surface area contributed by atoms with Gasteiger partial charge in [0.1, 0.15) is 0 Å². The molecule has 68 heavy (non-hydrogen) atoms. The molecular weight excluding hydrogens is 827 g/mol. The lowest BCUT2D eigenvalue weighted by atomic mass is 9.65. The van der Waals surface area contributed by atoms with Gasteiger partial charge in [-0.05, 0) is 132 Å². The Morgan fingerprint density at radius 2 is 0.809 bits per heavy atom. The van der Waals surface area contributed by atoms with E-state index >= 15 is 0 Å². The molecule has 4 nitrogen and oxygen atoms in total. The van der Waals surface area contributed by atoms with Gasteiger partial charge in [0.05, 0.1) is 33.4 Å². The van der Waals surface area contributed by atoms with E-state index in [1.54, 1.807) is 0 Å². The quantitative estimate of drug-likeness (QED) is 0.149. The van der Waals surface area contributed by atoms with Crippen molar-refractivity contribution in [2.45, 2.75) is 56.8 Å². The zero-order valence-corrected chi connectivity index (χ0v) is 38.5. The van der Waals surface area contributed by atoms with Crippen LogP contribution in [-0.2, 0) is 10.8 Å². The van der Waals surface area contributed by atoms with Gasteiger partial charge in [0.15, 0.2) is 5.78 Å². The number of anilines is 3. The van der Waals surface area contributed by atoms with Crippen molar-refractivity contribution in [1.82, 2.24) is 9.13 Å². The Morgan fingerprint density at radius 3 is 1.32 bits per heavy atom. The van der Waals surface area contributed by atoms with Crippen LogP contribution in [0.1, 0.15) is 84.1 Å². The first kappa shape index (κ1) is 40.3. The summed E-state index contributed by atoms with van der Waals surface area (Å²) in [5.74, 6) is 0.0149. The predicted molar refractivity (Wildman–Crippen MR) is 282 cm³/mol. The minimum absolute atomic E-state index is 0.0149. The lowest BCUT2D eigenvalue weighted by Gasteiger charge is -2.42. The van der Waals surface area contributed by atoms with Crippen molar-refractivity contribution in [2.75, 3.05) is 4.90 Å². The van der Waals surface area contributed by atoms with Gasteiger partial charge in [-0.2, -0.15) is 0 Å². The molecule has 9 aromatic carbocycles. The lowest BCUT2D eigenvalue weighted by Crippen LogP contribution is -2.30. The second-order valence-corrected chi connectivity index (χ2v) is 19.6. The molecule has 1 saturated carbocycles. The van der Waals surface area contributed by atoms with Gasteiger partial charge in [-0.3, -0.25) is 4.79 Å². The normalized spacial score (nSPS) is 15.2. The van der Waals surface area contributed by atoms with Gasteiger partial charge in [-0.1, -0.05) is 148 Å². The monoisotopic (exact) mass is 877 g/mol. The van der Waals surface area contributed by atoms with Crippen molar-refractivity contribution >= 4 is 66.5 Å². The van der Waals surface area contributed by atoms with E-state index in [-0.39, 0.29) is 16.6 Å². The Kier molecular flexibility index (Phi) is 9.24. The Bertz CT molecular complexity index is 3650. The second kappa shape index (κ2) is 15.6. The van der Waals surface area contributed by atoms with Crippen LogP contribution in [0, 0.1) is 0 Å². The molecule has 0 atom stereocenters. The molecule has 0 amide bonds. The topological polar surface area (TPSA) is 30.2 Å². The van der Waals surface area contributed by atoms with Crippen LogP contribution in [0.4, 0.5) is 17.1 Å². The Hall–Kier alpha value is -7.95. The number of carbonyl (C=O) groups is 1. The minimum atomic E-state index is -0.132. The van der Waals surface area contributed by atoms with Crippen molar-refractivity contribution < 1.29 is 4.79 Å². The molecule has 3 heterocycles. The fourth-order valence-corrected chi connectivity index (χ4v) is 12.2. The molecule has 1 aliphatic heterocycles. The van der Waals surface area contributed by atoms with E-state index in [1.807, 2.05) is 18.2 Å². The predicted octanol–water partition coefficient (Wildman–Crippen LogP) is 16.5. The van der Waals surface area contributed by atoms with Crippen LogP contribution in [0.2, 0.25) is 0 Å². The maximum Gasteiger partial charge on any atom is 0.193 e. The third-order valence-corrected chi connectivity index (χ3v) is 15.6. The number of carbonyl (C=O) groups excluding carboxylic acids is 1. The molecule has 13 rings (SSSR count). The van der Waals surface area contributed by atoms with Crippen molar-refractivity contribution in [3.63, 3.8) is 0 Å². The smallest absolute Gasteiger partial charge is 0.193 e. The van der Waals surface area contributed by atoms with Crippen LogP contribution in [0.3, 0.4) is 0 Å². The number of benzene rings is 9. The van der Waals surface area contributed by atoms with Crippen molar-refractivity contribution in [2.24, 2.45) is 0 Å². The molecule has 328 valence electrons. The molecule has 1 aliphatic carbocycles. The highest BCUT2D eigenvalue weighted by atomic mass is 16.1. The van der Waals surface area contributed by atoms with Crippen LogP contribution in [0.5, 0.6) is 0 Å². The average Bonchev–Trinajstić information content (AvgIpc) is 3.92. The molecule has 0 unspecified atom stereocenters. The summed E-state index contributed by atoms with van der Waals surface area (Å²) in [6, 6.07) is 76.6. The molecule has 11 aromatic rings. The summed E-state index contributed by atoms with van der Waals surface area (Å²) in [4.78, 5) is 16.7. The van der Waals surface area contributed by atoms with Crippen molar-refractivity contribution in [1.29, 1.82) is 0 Å². The van der Waals surface area contributed by atoms with Gasteiger partial charge < -0.3 is 14.0 Å². The molecule has 2 aliphatic rings. The molecule has 0 N–H and O–H groups in total. The third kappa shape index (κ3) is 6.10. The Morgan fingerprint density at radius 1 is 0.397 bits per heavy atom. The molecular formula is C64H51N3O. The van der Waals surface area contributed by atoms with Crippen molar-refractivity contribution in [3.05, 3.63) is 246 Å². The van der Waals surface area contributed by atoms with E-state index in [1.165, 1.54) is 80.4 Å². The van der Waals surface area contributed by atoms with E-state index in [0.29, 0.717) is 11.1 Å². The summed E-state index contributed by atoms with van der Waals surface area (Å²) in [5.41, 5.74) is 16.9. The van der Waals surface area contributed by atoms with Gasteiger partial charge in [0, 0.05) is 60.6 Å². The van der Waals surface area contributed by atoms with Gasteiger partial charge >= 0.3 is 0 Å². The molecule has 0 saturated heterocycles. The van der Waals surface area contributed by atoms with Crippen LogP contribution in [0.25, 0.3) is 55.0 Å². The van der Waals surface area contributed by atoms with Gasteiger partial charge in [-0.25, -0.2) is 0 Å². The fraction of sp³-hybridized carbons (Fsp3) is 0.141. The fourth-order valence-electron chi connectivity index (χ4n) is 12.2. The van der Waals surface area contributed by atoms with E-state index in [9.17, 15) is 4.79 Å². The first-order chi connectivity index (χ1) is 33.4. The summed E-state index contributed by atoms with van der Waals surface area (Å²) >= 11 is 0. The number of para-hydroxylation sites is 5. The summed E-state index contributed by atoms with van der Waals surface area (Å²) in [6.07, 6.45) is 5.98. The van der Waals surface area contributed by atoms with Crippen LogP contribution < -0.4 is 4.90 Å². The number of aromatic nitrogens is 2. The summed E-state index contributed by atoms with van der Waals surface area (Å²) < 4.78 is 4.77.